The number of aryl methyl sites for hydroxylation is 3. The molecule has 0 bridgehead atoms. The van der Waals surface area contributed by atoms with Gasteiger partial charge in [-0.1, -0.05) is 18.2 Å². The van der Waals surface area contributed by atoms with Gasteiger partial charge in [0.25, 0.3) is 5.91 Å². The fourth-order valence-electron chi connectivity index (χ4n) is 2.70. The van der Waals surface area contributed by atoms with Crippen LogP contribution in [-0.2, 0) is 9.59 Å². The normalized spacial score (nSPS) is 10.6. The molecule has 0 saturated carbocycles. The summed E-state index contributed by atoms with van der Waals surface area (Å²) >= 11 is 1.29. The number of amides is 2. The van der Waals surface area contributed by atoms with Crippen molar-refractivity contribution in [3.63, 3.8) is 0 Å². The average Bonchev–Trinajstić information content (AvgIpc) is 2.85. The van der Waals surface area contributed by atoms with Crippen molar-refractivity contribution in [2.24, 2.45) is 5.73 Å². The topological polar surface area (TPSA) is 109 Å². The monoisotopic (exact) mass is 374 g/mol. The Balaban J connectivity index is 2.34. The van der Waals surface area contributed by atoms with E-state index in [2.05, 4.69) is 5.32 Å². The molecule has 2 rings (SSSR count). The predicted octanol–water partition coefficient (Wildman–Crippen LogP) is 3.63. The highest BCUT2D eigenvalue weighted by Crippen LogP contribution is 2.40. The Morgan fingerprint density at radius 3 is 2.38 bits per heavy atom. The zero-order chi connectivity index (χ0) is 19.4. The van der Waals surface area contributed by atoms with Crippen molar-refractivity contribution < 1.29 is 19.5 Å². The Morgan fingerprint density at radius 2 is 1.81 bits per heavy atom. The number of aliphatic carboxylic acids is 1. The molecule has 0 aliphatic heterocycles. The van der Waals surface area contributed by atoms with Crippen molar-refractivity contribution in [1.82, 2.24) is 0 Å². The Hall–Kier alpha value is -2.67. The second-order valence-corrected chi connectivity index (χ2v) is 7.42. The van der Waals surface area contributed by atoms with Gasteiger partial charge in [-0.05, 0) is 43.9 Å². The third-order valence-corrected chi connectivity index (χ3v) is 5.19. The molecule has 2 amide bonds. The first-order valence-electron chi connectivity index (χ1n) is 8.23. The molecule has 0 radical (unpaired) electrons. The SMILES string of the molecule is Cc1ccc(-c2c(C)sc(NC(=O)CCCC(=O)O)c2C(N)=O)cc1C. The third-order valence-electron chi connectivity index (χ3n) is 4.17. The molecule has 0 aliphatic rings. The van der Waals surface area contributed by atoms with E-state index in [-0.39, 0.29) is 25.2 Å². The number of anilines is 1. The van der Waals surface area contributed by atoms with Crippen LogP contribution in [0.25, 0.3) is 11.1 Å². The highest BCUT2D eigenvalue weighted by atomic mass is 32.1. The van der Waals surface area contributed by atoms with Gasteiger partial charge in [-0.25, -0.2) is 0 Å². The Kier molecular flexibility index (Phi) is 6.15. The van der Waals surface area contributed by atoms with Crippen LogP contribution in [0, 0.1) is 20.8 Å². The molecule has 1 heterocycles. The molecule has 1 aromatic heterocycles. The molecule has 7 heteroatoms. The summed E-state index contributed by atoms with van der Waals surface area (Å²) in [5.41, 5.74) is 9.73. The van der Waals surface area contributed by atoms with Crippen LogP contribution in [0.2, 0.25) is 0 Å². The standard InChI is InChI=1S/C19H22N2O4S/c1-10-7-8-13(9-11(10)2)16-12(3)26-19(17(16)18(20)25)21-14(22)5-4-6-15(23)24/h7-9H,4-6H2,1-3H3,(H2,20,25)(H,21,22)(H,23,24). The van der Waals surface area contributed by atoms with Crippen LogP contribution in [0.5, 0.6) is 0 Å². The summed E-state index contributed by atoms with van der Waals surface area (Å²) in [7, 11) is 0. The molecule has 0 saturated heterocycles. The van der Waals surface area contributed by atoms with Gasteiger partial charge in [0.2, 0.25) is 5.91 Å². The maximum Gasteiger partial charge on any atom is 0.303 e. The first-order chi connectivity index (χ1) is 12.2. The molecule has 4 N–H and O–H groups in total. The number of hydrogen-bond acceptors (Lipinski definition) is 4. The predicted molar refractivity (Wildman–Crippen MR) is 103 cm³/mol. The van der Waals surface area contributed by atoms with Crippen molar-refractivity contribution in [2.75, 3.05) is 5.32 Å². The van der Waals surface area contributed by atoms with Crippen LogP contribution in [0.3, 0.4) is 0 Å². The van der Waals surface area contributed by atoms with Crippen LogP contribution < -0.4 is 11.1 Å². The summed E-state index contributed by atoms with van der Waals surface area (Å²) in [6.45, 7) is 5.88. The largest absolute Gasteiger partial charge is 0.481 e. The van der Waals surface area contributed by atoms with Gasteiger partial charge in [0.05, 0.1) is 5.56 Å². The molecule has 0 fully saturated rings. The Bertz CT molecular complexity index is 871. The first kappa shape index (κ1) is 19.7. The molecular weight excluding hydrogens is 352 g/mol. The van der Waals surface area contributed by atoms with Crippen LogP contribution in [0.15, 0.2) is 18.2 Å². The summed E-state index contributed by atoms with van der Waals surface area (Å²) in [6.07, 6.45) is 0.231. The molecule has 2 aromatic rings. The van der Waals surface area contributed by atoms with Gasteiger partial charge >= 0.3 is 5.97 Å². The lowest BCUT2D eigenvalue weighted by atomic mass is 9.97. The number of primary amides is 1. The van der Waals surface area contributed by atoms with Crippen molar-refractivity contribution in [2.45, 2.75) is 40.0 Å². The van der Waals surface area contributed by atoms with E-state index in [1.54, 1.807) is 0 Å². The molecule has 0 unspecified atom stereocenters. The van der Waals surface area contributed by atoms with Gasteiger partial charge in [0.1, 0.15) is 5.00 Å². The van der Waals surface area contributed by atoms with Crippen LogP contribution >= 0.6 is 11.3 Å². The molecular formula is C19H22N2O4S. The summed E-state index contributed by atoms with van der Waals surface area (Å²) in [6, 6.07) is 5.91. The maximum atomic E-state index is 12.1. The molecule has 0 atom stereocenters. The number of carboxylic acid groups (broad SMARTS) is 1. The van der Waals surface area contributed by atoms with E-state index in [0.29, 0.717) is 10.6 Å². The van der Waals surface area contributed by atoms with E-state index in [1.165, 1.54) is 11.3 Å². The van der Waals surface area contributed by atoms with Gasteiger partial charge in [-0.15, -0.1) is 11.3 Å². The summed E-state index contributed by atoms with van der Waals surface area (Å²) in [4.78, 5) is 35.6. The molecule has 0 spiro atoms. The summed E-state index contributed by atoms with van der Waals surface area (Å²) in [5.74, 6) is -1.88. The second kappa shape index (κ2) is 8.14. The molecule has 138 valence electrons. The van der Waals surface area contributed by atoms with Gasteiger partial charge in [-0.2, -0.15) is 0 Å². The number of hydrogen-bond donors (Lipinski definition) is 3. The number of thiophene rings is 1. The van der Waals surface area contributed by atoms with Gasteiger partial charge in [0, 0.05) is 23.3 Å². The Labute approximate surface area is 156 Å². The average molecular weight is 374 g/mol. The lowest BCUT2D eigenvalue weighted by Gasteiger charge is -2.09. The quantitative estimate of drug-likeness (QED) is 0.687. The molecule has 0 aliphatic carbocycles. The lowest BCUT2D eigenvalue weighted by Crippen LogP contribution is -2.17. The minimum Gasteiger partial charge on any atom is -0.481 e. The number of carbonyl (C=O) groups excluding carboxylic acids is 2. The third kappa shape index (κ3) is 4.49. The summed E-state index contributed by atoms with van der Waals surface area (Å²) < 4.78 is 0. The highest BCUT2D eigenvalue weighted by Gasteiger charge is 2.23. The maximum absolute atomic E-state index is 12.1. The van der Waals surface area contributed by atoms with Gasteiger partial charge in [-0.3, -0.25) is 14.4 Å². The molecule has 1 aromatic carbocycles. The van der Waals surface area contributed by atoms with Crippen LogP contribution in [-0.4, -0.2) is 22.9 Å². The van der Waals surface area contributed by atoms with Crippen molar-refractivity contribution in [1.29, 1.82) is 0 Å². The van der Waals surface area contributed by atoms with E-state index >= 15 is 0 Å². The van der Waals surface area contributed by atoms with E-state index in [1.807, 2.05) is 39.0 Å². The van der Waals surface area contributed by atoms with Gasteiger partial charge in [0.15, 0.2) is 0 Å². The van der Waals surface area contributed by atoms with E-state index in [4.69, 9.17) is 10.8 Å². The van der Waals surface area contributed by atoms with Crippen molar-refractivity contribution in [3.05, 3.63) is 39.8 Å². The summed E-state index contributed by atoms with van der Waals surface area (Å²) in [5, 5.41) is 11.8. The minimum absolute atomic E-state index is 0.0699. The smallest absolute Gasteiger partial charge is 0.303 e. The fraction of sp³-hybridized carbons (Fsp3) is 0.316. The number of carboxylic acids is 1. The van der Waals surface area contributed by atoms with Crippen LogP contribution in [0.1, 0.15) is 45.6 Å². The zero-order valence-electron chi connectivity index (χ0n) is 15.0. The number of rotatable bonds is 7. The lowest BCUT2D eigenvalue weighted by molar-refractivity contribution is -0.137. The number of nitrogens with one attached hydrogen (secondary N) is 1. The zero-order valence-corrected chi connectivity index (χ0v) is 15.8. The number of carbonyl (C=O) groups is 3. The Morgan fingerprint density at radius 1 is 1.12 bits per heavy atom. The van der Waals surface area contributed by atoms with Crippen molar-refractivity contribution in [3.8, 4) is 11.1 Å². The second-order valence-electron chi connectivity index (χ2n) is 6.20. The highest BCUT2D eigenvalue weighted by molar-refractivity contribution is 7.17. The van der Waals surface area contributed by atoms with Crippen molar-refractivity contribution >= 4 is 34.1 Å². The van der Waals surface area contributed by atoms with Gasteiger partial charge < -0.3 is 16.2 Å². The van der Waals surface area contributed by atoms with E-state index in [9.17, 15) is 14.4 Å². The molecule has 26 heavy (non-hydrogen) atoms. The number of nitrogens with two attached hydrogens (primary N) is 1. The van der Waals surface area contributed by atoms with Crippen LogP contribution in [0.4, 0.5) is 5.00 Å². The molecule has 6 nitrogen and oxygen atoms in total. The van der Waals surface area contributed by atoms with E-state index in [0.717, 1.165) is 27.1 Å². The number of benzene rings is 1. The first-order valence-corrected chi connectivity index (χ1v) is 9.04. The van der Waals surface area contributed by atoms with E-state index < -0.39 is 11.9 Å². The minimum atomic E-state index is -0.945. The fourth-order valence-corrected chi connectivity index (χ4v) is 3.80.